The summed E-state index contributed by atoms with van der Waals surface area (Å²) in [5.41, 5.74) is 2.08. The van der Waals surface area contributed by atoms with E-state index in [1.165, 1.54) is 0 Å². The van der Waals surface area contributed by atoms with E-state index in [1.807, 2.05) is 59.4 Å². The van der Waals surface area contributed by atoms with Gasteiger partial charge in [0.2, 0.25) is 5.91 Å². The molecule has 1 aliphatic heterocycles. The molecule has 1 fully saturated rings. The second kappa shape index (κ2) is 11.9. The number of guanidine groups is 1. The Hall–Kier alpha value is -2.14. The van der Waals surface area contributed by atoms with E-state index in [-0.39, 0.29) is 36.4 Å². The Morgan fingerprint density at radius 2 is 2.07 bits per heavy atom. The van der Waals surface area contributed by atoms with Gasteiger partial charge in [0.1, 0.15) is 6.54 Å². The highest BCUT2D eigenvalue weighted by Crippen LogP contribution is 2.12. The molecule has 2 heterocycles. The molecule has 0 saturated carbocycles. The van der Waals surface area contributed by atoms with Crippen molar-refractivity contribution in [2.24, 2.45) is 10.9 Å². The standard InChI is InChI=1S/C21H30N6O2.HI/c1-25(2)20(28)13-23-21(22-11-17-9-10-29-16-17)26(3)14-18-12-24-27(15-18)19-7-5-4-6-8-19;/h4-8,12,15,17H,9-11,13-14,16H2,1-3H3,(H,22,23);1H. The Kier molecular flexibility index (Phi) is 9.57. The number of benzene rings is 1. The largest absolute Gasteiger partial charge is 0.381 e. The first-order chi connectivity index (χ1) is 14.0. The topological polar surface area (TPSA) is 75.0 Å². The summed E-state index contributed by atoms with van der Waals surface area (Å²) in [5.74, 6) is 1.15. The lowest BCUT2D eigenvalue weighted by Gasteiger charge is -2.23. The first-order valence-electron chi connectivity index (χ1n) is 9.89. The minimum Gasteiger partial charge on any atom is -0.381 e. The molecule has 1 aromatic carbocycles. The fourth-order valence-electron chi connectivity index (χ4n) is 3.09. The predicted molar refractivity (Wildman–Crippen MR) is 128 cm³/mol. The monoisotopic (exact) mass is 526 g/mol. The number of amides is 1. The van der Waals surface area contributed by atoms with E-state index >= 15 is 0 Å². The average molecular weight is 526 g/mol. The second-order valence-corrected chi connectivity index (χ2v) is 7.52. The molecular weight excluding hydrogens is 495 g/mol. The number of rotatable bonds is 7. The molecule has 1 unspecified atom stereocenters. The Labute approximate surface area is 195 Å². The van der Waals surface area contributed by atoms with Crippen LogP contribution in [0.15, 0.2) is 47.7 Å². The van der Waals surface area contributed by atoms with Gasteiger partial charge in [-0.25, -0.2) is 9.67 Å². The Morgan fingerprint density at radius 1 is 1.30 bits per heavy atom. The number of aliphatic imine (C=N–C) groups is 1. The molecule has 2 aromatic rings. The molecule has 1 aromatic heterocycles. The van der Waals surface area contributed by atoms with Gasteiger partial charge < -0.3 is 19.9 Å². The van der Waals surface area contributed by atoms with Crippen molar-refractivity contribution in [2.45, 2.75) is 13.0 Å². The maximum absolute atomic E-state index is 12.0. The molecule has 0 aliphatic carbocycles. The summed E-state index contributed by atoms with van der Waals surface area (Å²) in [4.78, 5) is 20.1. The molecule has 0 radical (unpaired) electrons. The molecule has 1 aliphatic rings. The molecule has 1 atom stereocenters. The smallest absolute Gasteiger partial charge is 0.243 e. The molecular formula is C21H31IN6O2. The van der Waals surface area contributed by atoms with E-state index in [9.17, 15) is 4.79 Å². The van der Waals surface area contributed by atoms with E-state index in [1.54, 1.807) is 19.0 Å². The number of carbonyl (C=O) groups is 1. The van der Waals surface area contributed by atoms with Gasteiger partial charge in [-0.15, -0.1) is 24.0 Å². The van der Waals surface area contributed by atoms with Gasteiger partial charge in [0, 0.05) is 58.5 Å². The molecule has 8 nitrogen and oxygen atoms in total. The van der Waals surface area contributed by atoms with Crippen molar-refractivity contribution in [2.75, 3.05) is 47.4 Å². The maximum Gasteiger partial charge on any atom is 0.243 e. The lowest BCUT2D eigenvalue weighted by Crippen LogP contribution is -2.41. The molecule has 0 spiro atoms. The Balaban J connectivity index is 0.00000320. The van der Waals surface area contributed by atoms with Gasteiger partial charge in [-0.3, -0.25) is 4.79 Å². The van der Waals surface area contributed by atoms with Crippen LogP contribution in [0.25, 0.3) is 5.69 Å². The van der Waals surface area contributed by atoms with Crippen molar-refractivity contribution in [1.29, 1.82) is 0 Å². The van der Waals surface area contributed by atoms with Crippen molar-refractivity contribution in [1.82, 2.24) is 24.9 Å². The number of carbonyl (C=O) groups excluding carboxylic acids is 1. The predicted octanol–water partition coefficient (Wildman–Crippen LogP) is 1.99. The third kappa shape index (κ3) is 6.98. The summed E-state index contributed by atoms with van der Waals surface area (Å²) in [6.45, 7) is 3.11. The van der Waals surface area contributed by atoms with Crippen molar-refractivity contribution < 1.29 is 9.53 Å². The molecule has 1 saturated heterocycles. The van der Waals surface area contributed by atoms with Crippen LogP contribution in [-0.2, 0) is 16.1 Å². The first-order valence-corrected chi connectivity index (χ1v) is 9.89. The number of ether oxygens (including phenoxy) is 1. The summed E-state index contributed by atoms with van der Waals surface area (Å²) in [5, 5.41) is 7.87. The summed E-state index contributed by atoms with van der Waals surface area (Å²) in [7, 11) is 5.45. The zero-order chi connectivity index (χ0) is 20.6. The average Bonchev–Trinajstić information content (AvgIpc) is 3.40. The van der Waals surface area contributed by atoms with Crippen molar-refractivity contribution in [3.63, 3.8) is 0 Å². The number of nitrogens with one attached hydrogen (secondary N) is 1. The summed E-state index contributed by atoms with van der Waals surface area (Å²) < 4.78 is 7.31. The zero-order valence-corrected chi connectivity index (χ0v) is 20.2. The molecule has 1 N–H and O–H groups in total. The summed E-state index contributed by atoms with van der Waals surface area (Å²) >= 11 is 0. The van der Waals surface area contributed by atoms with E-state index in [0.29, 0.717) is 18.4 Å². The van der Waals surface area contributed by atoms with Crippen LogP contribution in [0.5, 0.6) is 0 Å². The van der Waals surface area contributed by atoms with Gasteiger partial charge in [0.05, 0.1) is 18.5 Å². The van der Waals surface area contributed by atoms with Gasteiger partial charge in [-0.05, 0) is 18.6 Å². The third-order valence-corrected chi connectivity index (χ3v) is 4.87. The Morgan fingerprint density at radius 3 is 2.73 bits per heavy atom. The fraction of sp³-hybridized carbons (Fsp3) is 0.476. The fourth-order valence-corrected chi connectivity index (χ4v) is 3.09. The minimum absolute atomic E-state index is 0. The minimum atomic E-state index is -0.0289. The lowest BCUT2D eigenvalue weighted by molar-refractivity contribution is -0.127. The number of likely N-dealkylation sites (N-methyl/N-ethyl adjacent to an activating group) is 1. The molecule has 164 valence electrons. The maximum atomic E-state index is 12.0. The van der Waals surface area contributed by atoms with Crippen LogP contribution in [0, 0.1) is 5.92 Å². The summed E-state index contributed by atoms with van der Waals surface area (Å²) in [6, 6.07) is 10.0. The second-order valence-electron chi connectivity index (χ2n) is 7.52. The SMILES string of the molecule is CN(C)C(=O)CN=C(NCC1CCOC1)N(C)Cc1cnn(-c2ccccc2)c1.I. The summed E-state index contributed by atoms with van der Waals surface area (Å²) in [6.07, 6.45) is 4.92. The quantitative estimate of drug-likeness (QED) is 0.340. The van der Waals surface area contributed by atoms with Gasteiger partial charge in [-0.2, -0.15) is 5.10 Å². The molecule has 9 heteroatoms. The van der Waals surface area contributed by atoms with Gasteiger partial charge in [0.25, 0.3) is 0 Å². The van der Waals surface area contributed by atoms with Crippen LogP contribution < -0.4 is 5.32 Å². The number of hydrogen-bond acceptors (Lipinski definition) is 4. The van der Waals surface area contributed by atoms with Crippen molar-refractivity contribution in [3.05, 3.63) is 48.3 Å². The van der Waals surface area contributed by atoms with Crippen LogP contribution in [0.3, 0.4) is 0 Å². The van der Waals surface area contributed by atoms with Gasteiger partial charge >= 0.3 is 0 Å². The van der Waals surface area contributed by atoms with Gasteiger partial charge in [-0.1, -0.05) is 18.2 Å². The number of halogens is 1. The van der Waals surface area contributed by atoms with Crippen LogP contribution in [0.4, 0.5) is 0 Å². The van der Waals surface area contributed by atoms with Crippen LogP contribution in [0.1, 0.15) is 12.0 Å². The molecule has 0 bridgehead atoms. The van der Waals surface area contributed by atoms with Crippen molar-refractivity contribution in [3.8, 4) is 5.69 Å². The van der Waals surface area contributed by atoms with E-state index in [2.05, 4.69) is 15.4 Å². The van der Waals surface area contributed by atoms with Crippen LogP contribution in [-0.4, -0.2) is 78.9 Å². The normalized spacial score (nSPS) is 16.1. The first kappa shape index (κ1) is 24.1. The van der Waals surface area contributed by atoms with E-state index in [0.717, 1.165) is 37.4 Å². The highest BCUT2D eigenvalue weighted by molar-refractivity contribution is 14.0. The van der Waals surface area contributed by atoms with E-state index in [4.69, 9.17) is 4.74 Å². The van der Waals surface area contributed by atoms with Crippen LogP contribution >= 0.6 is 24.0 Å². The van der Waals surface area contributed by atoms with Gasteiger partial charge in [0.15, 0.2) is 5.96 Å². The number of para-hydroxylation sites is 1. The molecule has 3 rings (SSSR count). The highest BCUT2D eigenvalue weighted by atomic mass is 127. The third-order valence-electron chi connectivity index (χ3n) is 4.87. The van der Waals surface area contributed by atoms with E-state index < -0.39 is 0 Å². The Bertz CT molecular complexity index is 818. The number of hydrogen-bond donors (Lipinski definition) is 1. The lowest BCUT2D eigenvalue weighted by atomic mass is 10.1. The molecule has 30 heavy (non-hydrogen) atoms. The van der Waals surface area contributed by atoms with Crippen LogP contribution in [0.2, 0.25) is 0 Å². The molecule has 1 amide bonds. The zero-order valence-electron chi connectivity index (χ0n) is 17.8. The number of aromatic nitrogens is 2. The van der Waals surface area contributed by atoms with Crippen molar-refractivity contribution >= 4 is 35.8 Å². The highest BCUT2D eigenvalue weighted by Gasteiger charge is 2.17. The number of nitrogens with zero attached hydrogens (tertiary/aromatic N) is 5.